The Labute approximate surface area is 99.8 Å². The van der Waals surface area contributed by atoms with E-state index in [-0.39, 0.29) is 0 Å². The normalized spacial score (nSPS) is 38.6. The van der Waals surface area contributed by atoms with E-state index < -0.39 is 0 Å². The average Bonchev–Trinajstić information content (AvgIpc) is 3.14. The number of hydrogen-bond donors (Lipinski definition) is 1. The van der Waals surface area contributed by atoms with Crippen LogP contribution in [0.2, 0.25) is 0 Å². The van der Waals surface area contributed by atoms with Crippen molar-refractivity contribution in [1.82, 2.24) is 10.2 Å². The van der Waals surface area contributed by atoms with Crippen LogP contribution < -0.4 is 5.32 Å². The topological polar surface area (TPSA) is 15.3 Å². The van der Waals surface area contributed by atoms with E-state index in [1.165, 1.54) is 51.7 Å². The second-order valence-electron chi connectivity index (χ2n) is 6.65. The van der Waals surface area contributed by atoms with Crippen LogP contribution in [0.15, 0.2) is 0 Å². The summed E-state index contributed by atoms with van der Waals surface area (Å²) in [6.45, 7) is 8.71. The van der Waals surface area contributed by atoms with Gasteiger partial charge in [0.1, 0.15) is 0 Å². The van der Waals surface area contributed by atoms with Crippen LogP contribution in [0.25, 0.3) is 0 Å². The third-order valence-electron chi connectivity index (χ3n) is 4.91. The van der Waals surface area contributed by atoms with Gasteiger partial charge < -0.3 is 5.32 Å². The van der Waals surface area contributed by atoms with E-state index in [1.54, 1.807) is 0 Å². The maximum atomic E-state index is 3.78. The molecule has 1 N–H and O–H groups in total. The summed E-state index contributed by atoms with van der Waals surface area (Å²) >= 11 is 0. The van der Waals surface area contributed by atoms with Crippen molar-refractivity contribution < 1.29 is 0 Å². The van der Waals surface area contributed by atoms with Crippen molar-refractivity contribution in [2.45, 2.75) is 58.0 Å². The predicted octanol–water partition coefficient (Wildman–Crippen LogP) is 2.25. The van der Waals surface area contributed by atoms with Crippen molar-refractivity contribution in [1.29, 1.82) is 0 Å². The molecule has 0 aromatic carbocycles. The molecule has 3 rings (SSSR count). The van der Waals surface area contributed by atoms with Crippen molar-refractivity contribution >= 4 is 0 Å². The Morgan fingerprint density at radius 2 is 2.06 bits per heavy atom. The highest BCUT2D eigenvalue weighted by Gasteiger charge is 2.43. The second-order valence-corrected chi connectivity index (χ2v) is 6.65. The van der Waals surface area contributed by atoms with E-state index >= 15 is 0 Å². The highest BCUT2D eigenvalue weighted by molar-refractivity contribution is 4.98. The molecule has 2 unspecified atom stereocenters. The molecule has 1 saturated heterocycles. The third kappa shape index (κ3) is 2.28. The summed E-state index contributed by atoms with van der Waals surface area (Å²) in [4.78, 5) is 2.80. The fraction of sp³-hybridized carbons (Fsp3) is 1.00. The molecule has 1 heterocycles. The first-order valence-electron chi connectivity index (χ1n) is 7.18. The van der Waals surface area contributed by atoms with Gasteiger partial charge in [-0.15, -0.1) is 0 Å². The Kier molecular flexibility index (Phi) is 2.75. The summed E-state index contributed by atoms with van der Waals surface area (Å²) < 4.78 is 0. The zero-order chi connectivity index (χ0) is 11.2. The fourth-order valence-corrected chi connectivity index (χ4v) is 3.16. The van der Waals surface area contributed by atoms with E-state index in [2.05, 4.69) is 24.1 Å². The Morgan fingerprint density at radius 3 is 2.62 bits per heavy atom. The maximum absolute atomic E-state index is 3.78. The summed E-state index contributed by atoms with van der Waals surface area (Å²) in [7, 11) is 0. The molecule has 0 spiro atoms. The minimum atomic E-state index is 0.679. The molecule has 0 bridgehead atoms. The Balaban J connectivity index is 1.60. The van der Waals surface area contributed by atoms with Crippen LogP contribution in [-0.4, -0.2) is 36.6 Å². The van der Waals surface area contributed by atoms with E-state index in [0.29, 0.717) is 5.41 Å². The lowest BCUT2D eigenvalue weighted by molar-refractivity contribution is 0.0983. The number of rotatable bonds is 4. The first-order valence-corrected chi connectivity index (χ1v) is 7.18. The molecule has 2 atom stereocenters. The molecular weight excluding hydrogens is 196 g/mol. The standard InChI is InChI=1S/C14H26N2/c1-3-12-8-15-13(11-4-5-11)9-16(12)10-14(2)6-7-14/h11-13,15H,3-10H2,1-2H3. The Bertz CT molecular complexity index is 255. The molecule has 0 amide bonds. The van der Waals surface area contributed by atoms with Gasteiger partial charge in [0.2, 0.25) is 0 Å². The second kappa shape index (κ2) is 3.99. The van der Waals surface area contributed by atoms with E-state index in [4.69, 9.17) is 0 Å². The van der Waals surface area contributed by atoms with Gasteiger partial charge in [0.15, 0.2) is 0 Å². The molecule has 0 radical (unpaired) electrons. The van der Waals surface area contributed by atoms with Gasteiger partial charge in [0, 0.05) is 31.7 Å². The minimum absolute atomic E-state index is 0.679. The van der Waals surface area contributed by atoms with E-state index in [1.807, 2.05) is 0 Å². The summed E-state index contributed by atoms with van der Waals surface area (Å²) in [6.07, 6.45) is 7.17. The summed E-state index contributed by atoms with van der Waals surface area (Å²) in [6, 6.07) is 1.61. The van der Waals surface area contributed by atoms with Gasteiger partial charge in [-0.3, -0.25) is 4.90 Å². The smallest absolute Gasteiger partial charge is 0.0224 e. The minimum Gasteiger partial charge on any atom is -0.311 e. The average molecular weight is 222 g/mol. The van der Waals surface area contributed by atoms with Gasteiger partial charge in [0.25, 0.3) is 0 Å². The van der Waals surface area contributed by atoms with Gasteiger partial charge in [0.05, 0.1) is 0 Å². The van der Waals surface area contributed by atoms with Crippen LogP contribution in [-0.2, 0) is 0 Å². The number of hydrogen-bond acceptors (Lipinski definition) is 2. The molecule has 0 aromatic rings. The zero-order valence-corrected chi connectivity index (χ0v) is 10.8. The molecule has 2 heteroatoms. The molecule has 2 nitrogen and oxygen atoms in total. The Hall–Kier alpha value is -0.0800. The maximum Gasteiger partial charge on any atom is 0.0224 e. The summed E-state index contributed by atoms with van der Waals surface area (Å²) in [5, 5.41) is 3.78. The highest BCUT2D eigenvalue weighted by Crippen LogP contribution is 2.46. The van der Waals surface area contributed by atoms with Gasteiger partial charge >= 0.3 is 0 Å². The summed E-state index contributed by atoms with van der Waals surface area (Å²) in [5.74, 6) is 1.01. The molecular formula is C14H26N2. The van der Waals surface area contributed by atoms with Crippen molar-refractivity contribution in [3.8, 4) is 0 Å². The van der Waals surface area contributed by atoms with E-state index in [9.17, 15) is 0 Å². The fourth-order valence-electron chi connectivity index (χ4n) is 3.16. The highest BCUT2D eigenvalue weighted by atomic mass is 15.2. The Morgan fingerprint density at radius 1 is 1.31 bits per heavy atom. The van der Waals surface area contributed by atoms with Gasteiger partial charge in [-0.25, -0.2) is 0 Å². The zero-order valence-electron chi connectivity index (χ0n) is 10.8. The number of nitrogens with one attached hydrogen (secondary N) is 1. The molecule has 2 aliphatic carbocycles. The molecule has 16 heavy (non-hydrogen) atoms. The molecule has 92 valence electrons. The first kappa shape index (κ1) is 11.0. The summed E-state index contributed by atoms with van der Waals surface area (Å²) in [5.41, 5.74) is 0.679. The SMILES string of the molecule is CCC1CNC(C2CC2)CN1CC1(C)CC1. The third-order valence-corrected chi connectivity index (χ3v) is 4.91. The lowest BCUT2D eigenvalue weighted by Crippen LogP contribution is -2.58. The molecule has 3 aliphatic rings. The van der Waals surface area contributed by atoms with Crippen LogP contribution in [0.5, 0.6) is 0 Å². The number of piperazine rings is 1. The van der Waals surface area contributed by atoms with Crippen LogP contribution in [0.4, 0.5) is 0 Å². The van der Waals surface area contributed by atoms with Crippen LogP contribution >= 0.6 is 0 Å². The molecule has 3 fully saturated rings. The largest absolute Gasteiger partial charge is 0.311 e. The molecule has 2 saturated carbocycles. The van der Waals surface area contributed by atoms with Crippen molar-refractivity contribution in [2.75, 3.05) is 19.6 Å². The van der Waals surface area contributed by atoms with Gasteiger partial charge in [-0.05, 0) is 43.4 Å². The van der Waals surface area contributed by atoms with Crippen molar-refractivity contribution in [3.63, 3.8) is 0 Å². The van der Waals surface area contributed by atoms with Crippen molar-refractivity contribution in [3.05, 3.63) is 0 Å². The van der Waals surface area contributed by atoms with E-state index in [0.717, 1.165) is 18.0 Å². The quantitative estimate of drug-likeness (QED) is 0.785. The van der Waals surface area contributed by atoms with Gasteiger partial charge in [-0.2, -0.15) is 0 Å². The lowest BCUT2D eigenvalue weighted by Gasteiger charge is -2.41. The monoisotopic (exact) mass is 222 g/mol. The van der Waals surface area contributed by atoms with Crippen LogP contribution in [0, 0.1) is 11.3 Å². The van der Waals surface area contributed by atoms with Crippen molar-refractivity contribution in [2.24, 2.45) is 11.3 Å². The van der Waals surface area contributed by atoms with Crippen LogP contribution in [0.1, 0.15) is 46.0 Å². The first-order chi connectivity index (χ1) is 7.70. The number of nitrogens with zero attached hydrogens (tertiary/aromatic N) is 1. The lowest BCUT2D eigenvalue weighted by atomic mass is 10.0. The van der Waals surface area contributed by atoms with Crippen LogP contribution in [0.3, 0.4) is 0 Å². The molecule has 1 aliphatic heterocycles. The molecule has 0 aromatic heterocycles. The predicted molar refractivity (Wildman–Crippen MR) is 67.5 cm³/mol. The van der Waals surface area contributed by atoms with Gasteiger partial charge in [-0.1, -0.05) is 13.8 Å².